The summed E-state index contributed by atoms with van der Waals surface area (Å²) in [6.07, 6.45) is 17.1. The van der Waals surface area contributed by atoms with Gasteiger partial charge in [0.05, 0.1) is 19.4 Å². The molecule has 1 atom stereocenters. The maximum absolute atomic E-state index is 12.1. The highest BCUT2D eigenvalue weighted by Gasteiger charge is 2.19. The van der Waals surface area contributed by atoms with E-state index in [1.807, 2.05) is 13.8 Å². The summed E-state index contributed by atoms with van der Waals surface area (Å²) < 4.78 is 20.5. The van der Waals surface area contributed by atoms with Gasteiger partial charge >= 0.3 is 23.9 Å². The highest BCUT2D eigenvalue weighted by atomic mass is 16.6. The average molecular weight is 614 g/mol. The van der Waals surface area contributed by atoms with Crippen LogP contribution < -0.4 is 5.32 Å². The van der Waals surface area contributed by atoms with E-state index in [0.717, 1.165) is 19.3 Å². The van der Waals surface area contributed by atoms with E-state index < -0.39 is 30.0 Å². The molecule has 10 nitrogen and oxygen atoms in total. The Hall–Kier alpha value is -2.65. The minimum absolute atomic E-state index is 0.0246. The first-order chi connectivity index (χ1) is 20.8. The molecule has 0 fully saturated rings. The SMILES string of the molecule is CCCCCCCCCCCCCCCC(=O)NCCOC(=O)CCC(=O)OCC(COC(=O)CCC)OC(=O)CCC. The molecule has 0 aromatic heterocycles. The van der Waals surface area contributed by atoms with Crippen LogP contribution in [0.25, 0.3) is 0 Å². The molecule has 0 bridgehead atoms. The number of nitrogens with one attached hydrogen (secondary N) is 1. The number of carbonyl (C=O) groups excluding carboxylic acids is 5. The van der Waals surface area contributed by atoms with Crippen LogP contribution in [0.2, 0.25) is 0 Å². The Labute approximate surface area is 259 Å². The van der Waals surface area contributed by atoms with Crippen molar-refractivity contribution in [3.8, 4) is 0 Å². The minimum Gasteiger partial charge on any atom is -0.464 e. The number of unbranched alkanes of at least 4 members (excludes halogenated alkanes) is 12. The van der Waals surface area contributed by atoms with E-state index in [9.17, 15) is 24.0 Å². The number of carbonyl (C=O) groups is 5. The zero-order valence-corrected chi connectivity index (χ0v) is 27.2. The Morgan fingerprint density at radius 2 is 0.930 bits per heavy atom. The van der Waals surface area contributed by atoms with E-state index in [-0.39, 0.29) is 58.0 Å². The number of ether oxygens (including phenoxy) is 4. The molecule has 0 heterocycles. The van der Waals surface area contributed by atoms with Crippen LogP contribution in [0.1, 0.15) is 149 Å². The van der Waals surface area contributed by atoms with Crippen molar-refractivity contribution in [3.63, 3.8) is 0 Å². The largest absolute Gasteiger partial charge is 0.464 e. The smallest absolute Gasteiger partial charge is 0.306 e. The van der Waals surface area contributed by atoms with Crippen LogP contribution in [0, 0.1) is 0 Å². The Morgan fingerprint density at radius 3 is 1.44 bits per heavy atom. The summed E-state index contributed by atoms with van der Waals surface area (Å²) in [6, 6.07) is 0. The lowest BCUT2D eigenvalue weighted by Gasteiger charge is -2.18. The van der Waals surface area contributed by atoms with Crippen molar-refractivity contribution < 1.29 is 42.9 Å². The van der Waals surface area contributed by atoms with Gasteiger partial charge in [0.25, 0.3) is 0 Å². The molecule has 0 saturated heterocycles. The summed E-state index contributed by atoms with van der Waals surface area (Å²) in [5, 5.41) is 2.75. The minimum atomic E-state index is -0.918. The molecule has 250 valence electrons. The van der Waals surface area contributed by atoms with Gasteiger partial charge in [0.15, 0.2) is 6.10 Å². The second kappa shape index (κ2) is 29.4. The summed E-state index contributed by atoms with van der Waals surface area (Å²) >= 11 is 0. The van der Waals surface area contributed by atoms with E-state index in [1.165, 1.54) is 64.2 Å². The second-order valence-corrected chi connectivity index (χ2v) is 11.0. The van der Waals surface area contributed by atoms with Gasteiger partial charge in [0.1, 0.15) is 19.8 Å². The molecular weight excluding hydrogens is 554 g/mol. The number of hydrogen-bond donors (Lipinski definition) is 1. The van der Waals surface area contributed by atoms with E-state index >= 15 is 0 Å². The van der Waals surface area contributed by atoms with Gasteiger partial charge in [0, 0.05) is 19.3 Å². The molecule has 0 aliphatic heterocycles. The van der Waals surface area contributed by atoms with Crippen LogP contribution in [-0.2, 0) is 42.9 Å². The lowest BCUT2D eigenvalue weighted by Crippen LogP contribution is -2.31. The molecule has 1 unspecified atom stereocenters. The predicted octanol–water partition coefficient (Wildman–Crippen LogP) is 6.51. The van der Waals surface area contributed by atoms with E-state index in [4.69, 9.17) is 18.9 Å². The number of esters is 4. The van der Waals surface area contributed by atoms with Crippen molar-refractivity contribution in [1.82, 2.24) is 5.32 Å². The summed E-state index contributed by atoms with van der Waals surface area (Å²) in [4.78, 5) is 59.4. The third-order valence-electron chi connectivity index (χ3n) is 6.79. The van der Waals surface area contributed by atoms with Crippen LogP contribution in [0.3, 0.4) is 0 Å². The lowest BCUT2D eigenvalue weighted by atomic mass is 10.0. The lowest BCUT2D eigenvalue weighted by molar-refractivity contribution is -0.167. The monoisotopic (exact) mass is 613 g/mol. The first-order valence-electron chi connectivity index (χ1n) is 16.7. The zero-order valence-electron chi connectivity index (χ0n) is 27.2. The van der Waals surface area contributed by atoms with Gasteiger partial charge in [-0.3, -0.25) is 24.0 Å². The van der Waals surface area contributed by atoms with Gasteiger partial charge in [-0.25, -0.2) is 0 Å². The molecule has 0 aromatic carbocycles. The normalized spacial score (nSPS) is 11.4. The summed E-state index contributed by atoms with van der Waals surface area (Å²) in [5.74, 6) is -2.21. The predicted molar refractivity (Wildman–Crippen MR) is 165 cm³/mol. The Balaban J connectivity index is 3.85. The van der Waals surface area contributed by atoms with Crippen LogP contribution in [0.15, 0.2) is 0 Å². The van der Waals surface area contributed by atoms with Gasteiger partial charge in [-0.15, -0.1) is 0 Å². The van der Waals surface area contributed by atoms with Crippen molar-refractivity contribution in [1.29, 1.82) is 0 Å². The quantitative estimate of drug-likeness (QED) is 0.0569. The van der Waals surface area contributed by atoms with Crippen molar-refractivity contribution >= 4 is 29.8 Å². The summed E-state index contributed by atoms with van der Waals surface area (Å²) in [5.41, 5.74) is 0. The fourth-order valence-electron chi connectivity index (χ4n) is 4.31. The van der Waals surface area contributed by atoms with Gasteiger partial charge in [0.2, 0.25) is 5.91 Å². The van der Waals surface area contributed by atoms with E-state index in [2.05, 4.69) is 12.2 Å². The first-order valence-corrected chi connectivity index (χ1v) is 16.7. The van der Waals surface area contributed by atoms with Crippen molar-refractivity contribution in [3.05, 3.63) is 0 Å². The number of hydrogen-bond acceptors (Lipinski definition) is 9. The van der Waals surface area contributed by atoms with Crippen molar-refractivity contribution in [2.75, 3.05) is 26.4 Å². The molecule has 43 heavy (non-hydrogen) atoms. The van der Waals surface area contributed by atoms with Gasteiger partial charge in [-0.05, 0) is 19.3 Å². The Kier molecular flexibility index (Phi) is 27.6. The molecule has 10 heteroatoms. The zero-order chi connectivity index (χ0) is 32.0. The maximum atomic E-state index is 12.1. The van der Waals surface area contributed by atoms with Gasteiger partial charge < -0.3 is 24.3 Å². The molecule has 0 saturated carbocycles. The van der Waals surface area contributed by atoms with Crippen molar-refractivity contribution in [2.24, 2.45) is 0 Å². The van der Waals surface area contributed by atoms with E-state index in [1.54, 1.807) is 0 Å². The van der Waals surface area contributed by atoms with Crippen molar-refractivity contribution in [2.45, 2.75) is 155 Å². The average Bonchev–Trinajstić information content (AvgIpc) is 2.98. The van der Waals surface area contributed by atoms with Crippen LogP contribution in [-0.4, -0.2) is 62.3 Å². The molecule has 0 rings (SSSR count). The summed E-state index contributed by atoms with van der Waals surface area (Å²) in [6.45, 7) is 5.65. The third-order valence-corrected chi connectivity index (χ3v) is 6.79. The molecule has 0 spiro atoms. The highest BCUT2D eigenvalue weighted by molar-refractivity contribution is 5.78. The van der Waals surface area contributed by atoms with E-state index in [0.29, 0.717) is 19.3 Å². The standard InChI is InChI=1S/C33H59NO9/c1-4-7-8-9-10-11-12-13-14-15-16-17-18-21-29(35)34-24-25-40-31(37)22-23-32(38)42-27-28(43-33(39)20-6-3)26-41-30(36)19-5-2/h28H,4-27H2,1-3H3,(H,34,35). The molecular formula is C33H59NO9. The summed E-state index contributed by atoms with van der Waals surface area (Å²) in [7, 11) is 0. The number of rotatable bonds is 29. The topological polar surface area (TPSA) is 134 Å². The van der Waals surface area contributed by atoms with Crippen LogP contribution in [0.4, 0.5) is 0 Å². The van der Waals surface area contributed by atoms with Crippen LogP contribution >= 0.6 is 0 Å². The molecule has 1 amide bonds. The Bertz CT molecular complexity index is 757. The third kappa shape index (κ3) is 27.9. The second-order valence-electron chi connectivity index (χ2n) is 11.0. The molecule has 0 aliphatic carbocycles. The highest BCUT2D eigenvalue weighted by Crippen LogP contribution is 2.13. The van der Waals surface area contributed by atoms with Crippen LogP contribution in [0.5, 0.6) is 0 Å². The molecule has 1 N–H and O–H groups in total. The van der Waals surface area contributed by atoms with Gasteiger partial charge in [-0.1, -0.05) is 97.8 Å². The molecule has 0 aliphatic rings. The Morgan fingerprint density at radius 1 is 0.488 bits per heavy atom. The maximum Gasteiger partial charge on any atom is 0.306 e. The molecule has 0 radical (unpaired) electrons. The number of amides is 1. The fourth-order valence-corrected chi connectivity index (χ4v) is 4.31. The van der Waals surface area contributed by atoms with Gasteiger partial charge in [-0.2, -0.15) is 0 Å². The molecule has 0 aromatic rings. The first kappa shape index (κ1) is 40.4. The fraction of sp³-hybridized carbons (Fsp3) is 0.848.